The van der Waals surface area contributed by atoms with Crippen molar-refractivity contribution in [1.82, 2.24) is 9.13 Å². The van der Waals surface area contributed by atoms with Crippen LogP contribution in [0.1, 0.15) is 243 Å². The minimum absolute atomic E-state index is 0.0171. The van der Waals surface area contributed by atoms with E-state index >= 15 is 0 Å². The lowest BCUT2D eigenvalue weighted by Gasteiger charge is -2.19. The number of hydrogen-bond acceptors (Lipinski definition) is 8. The monoisotopic (exact) mass is 1760 g/mol. The largest absolute Gasteiger partial charge is 0.374 e. The van der Waals surface area contributed by atoms with Gasteiger partial charge in [-0.05, 0) is 228 Å². The smallest absolute Gasteiger partial charge is 0.224 e. The van der Waals surface area contributed by atoms with Crippen LogP contribution in [0.25, 0.3) is 21.8 Å². The number of fused-ring (bicyclic) bond motifs is 5. The zero-order chi connectivity index (χ0) is 95.3. The Bertz CT molecular complexity index is 5970. The average Bonchev–Trinajstić information content (AvgIpc) is 1.62. The summed E-state index contributed by atoms with van der Waals surface area (Å²) in [5.41, 5.74) is 27.1. The lowest BCUT2D eigenvalue weighted by molar-refractivity contribution is -0.117. The number of carbonyl (C=O) groups excluding carboxylic acids is 6. The molecule has 0 saturated carbocycles. The van der Waals surface area contributed by atoms with Crippen molar-refractivity contribution in [3.05, 3.63) is 309 Å². The van der Waals surface area contributed by atoms with Gasteiger partial charge in [-0.2, -0.15) is 0 Å². The number of aryl methyl sites for hydroxylation is 7. The zero-order valence-electron chi connectivity index (χ0n) is 82.6. The molecule has 10 aromatic carbocycles. The number of benzene rings is 10. The van der Waals surface area contributed by atoms with Gasteiger partial charge in [0.05, 0.1) is 0 Å². The molecule has 0 fully saturated rings. The predicted octanol–water partition coefficient (Wildman–Crippen LogP) is 25.1. The SMILES string of the molecule is CC(=O)N1CC(C)(C)c2ccc(NC(=O)CCc3ccc(C(C)(C)C)cc3)cc21.CN1CC(C)(C)c2ccc(NC(=O)CCc3ccc(C(C)(C)C)cc3)cc21.CN1CCc2cc(NC(=O)CCc3ccc(C(C)(C)C)cc3)ccc21.Cn1ccc2cc(NC(=O)CCc3ccc(C(C)(C)C)cc3)ccc21.Cn1ccc2ccc(NC(=O)CCc3ccc(C(C)(C)C)cc3)cc21. The Morgan fingerprint density at radius 3 is 0.985 bits per heavy atom. The summed E-state index contributed by atoms with van der Waals surface area (Å²) in [6.45, 7) is 46.2. The lowest BCUT2D eigenvalue weighted by Crippen LogP contribution is -2.32. The van der Waals surface area contributed by atoms with Crippen LogP contribution in [-0.2, 0) is 119 Å². The van der Waals surface area contributed by atoms with Crippen molar-refractivity contribution in [3.8, 4) is 0 Å². The number of aromatic nitrogens is 2. The second-order valence-electron chi connectivity index (χ2n) is 42.6. The van der Waals surface area contributed by atoms with Gasteiger partial charge in [-0.15, -0.1) is 0 Å². The van der Waals surface area contributed by atoms with E-state index in [0.29, 0.717) is 45.1 Å². The van der Waals surface area contributed by atoms with Crippen molar-refractivity contribution in [3.63, 3.8) is 0 Å². The third kappa shape index (κ3) is 27.7. The maximum absolute atomic E-state index is 12.5. The molecule has 12 aromatic rings. The van der Waals surface area contributed by atoms with Gasteiger partial charge in [0.1, 0.15) is 0 Å². The van der Waals surface area contributed by atoms with Crippen LogP contribution < -0.4 is 41.3 Å². The quantitative estimate of drug-likeness (QED) is 0.0500. The first-order chi connectivity index (χ1) is 61.5. The fraction of sp³-hybridized carbons (Fsp3) is 0.391. The summed E-state index contributed by atoms with van der Waals surface area (Å²) in [4.78, 5) is 79.9. The first kappa shape index (κ1) is 99.3. The normalized spacial score (nSPS) is 13.6. The molecule has 0 aliphatic carbocycles. The molecule has 0 spiro atoms. The van der Waals surface area contributed by atoms with Gasteiger partial charge in [0, 0.05) is 172 Å². The van der Waals surface area contributed by atoms with E-state index in [2.05, 4.69) is 349 Å². The fourth-order valence-electron chi connectivity index (χ4n) is 17.1. The van der Waals surface area contributed by atoms with E-state index in [9.17, 15) is 28.8 Å². The Hall–Kier alpha value is -12.3. The molecule has 15 rings (SSSR count). The molecule has 0 atom stereocenters. The number of rotatable bonds is 20. The molecule has 0 bridgehead atoms. The van der Waals surface area contributed by atoms with Crippen LogP contribution in [0.4, 0.5) is 45.5 Å². The molecular formula is C115H144N10O6. The van der Waals surface area contributed by atoms with E-state index < -0.39 is 0 Å². The molecule has 0 saturated heterocycles. The maximum Gasteiger partial charge on any atom is 0.224 e. The summed E-state index contributed by atoms with van der Waals surface area (Å²) in [7, 11) is 8.25. The van der Waals surface area contributed by atoms with E-state index in [1.807, 2.05) is 93.2 Å². The summed E-state index contributed by atoms with van der Waals surface area (Å²) >= 11 is 0. The van der Waals surface area contributed by atoms with Gasteiger partial charge >= 0.3 is 0 Å². The van der Waals surface area contributed by atoms with Crippen molar-refractivity contribution in [2.75, 3.05) is 75.0 Å². The summed E-state index contributed by atoms with van der Waals surface area (Å²) in [5, 5.41) is 17.4. The molecule has 2 aromatic heterocycles. The van der Waals surface area contributed by atoms with Gasteiger partial charge in [0.2, 0.25) is 35.4 Å². The van der Waals surface area contributed by atoms with Gasteiger partial charge in [-0.1, -0.05) is 271 Å². The second kappa shape index (κ2) is 41.9. The first-order valence-corrected chi connectivity index (χ1v) is 46.7. The molecule has 690 valence electrons. The van der Waals surface area contributed by atoms with Gasteiger partial charge < -0.3 is 50.4 Å². The molecule has 0 radical (unpaired) electrons. The number of nitrogens with zero attached hydrogens (tertiary/aromatic N) is 5. The Labute approximate surface area is 781 Å². The van der Waals surface area contributed by atoms with Gasteiger partial charge in [-0.3, -0.25) is 28.8 Å². The lowest BCUT2D eigenvalue weighted by atomic mass is 9.86. The predicted molar refractivity (Wildman–Crippen MR) is 550 cm³/mol. The first-order valence-electron chi connectivity index (χ1n) is 46.7. The Morgan fingerprint density at radius 1 is 0.305 bits per heavy atom. The van der Waals surface area contributed by atoms with E-state index in [1.165, 1.54) is 78.0 Å². The number of carbonyl (C=O) groups is 6. The molecule has 3 aliphatic rings. The number of amides is 6. The third-order valence-corrected chi connectivity index (χ3v) is 25.4. The molecule has 16 nitrogen and oxygen atoms in total. The standard InChI is InChI=1S/C25H32N2O2.C24H32N2O.C22H26N2O.C22H28N2O.C22H26N2O/c1-17(28)27-16-25(5,6)21-13-12-20(15-22(21)27)26-23(29)14-9-18-7-10-19(11-8-18)24(2,3)4;1-23(2,3)18-10-7-17(8-11-18)9-14-22(27)25-19-12-13-20-21(15-19)26(6)16-24(20,4)5;1-22(2,3)18-9-5-16(6-10-18)7-12-21(25)23-19-11-8-17-13-14-24(4)20(17)15-19;2*1-22(2,3)18-8-5-16(6-9-18)7-12-21(25)23-19-10-11-20-17(15-19)13-14-24(20)4/h7-8,10-13,15H,9,14,16H2,1-6H3,(H,26,29);7-8,10-13,15H,9,14,16H2,1-6H3,(H,25,27);5-6,8-11,13-15H,7,12H2,1-4H3,(H,23,25);5-6,8-11,15H,7,12-14H2,1-4H3,(H,23,25);5-6,8-11,13-15H,7,12H2,1-4H3,(H,23,25). The molecule has 16 heteroatoms. The molecule has 5 heterocycles. The zero-order valence-corrected chi connectivity index (χ0v) is 82.6. The molecule has 6 amide bonds. The van der Waals surface area contributed by atoms with Crippen LogP contribution in [0.3, 0.4) is 0 Å². The van der Waals surface area contributed by atoms with Crippen LogP contribution in [0, 0.1) is 0 Å². The second-order valence-corrected chi connectivity index (χ2v) is 42.6. The van der Waals surface area contributed by atoms with Crippen molar-refractivity contribution in [1.29, 1.82) is 0 Å². The summed E-state index contributed by atoms with van der Waals surface area (Å²) < 4.78 is 4.13. The highest BCUT2D eigenvalue weighted by molar-refractivity contribution is 5.99. The van der Waals surface area contributed by atoms with Gasteiger partial charge in [-0.25, -0.2) is 0 Å². The highest BCUT2D eigenvalue weighted by Gasteiger charge is 2.38. The average molecular weight is 1760 g/mol. The van der Waals surface area contributed by atoms with E-state index in [-0.39, 0.29) is 73.3 Å². The van der Waals surface area contributed by atoms with Crippen LogP contribution >= 0.6 is 0 Å². The van der Waals surface area contributed by atoms with Crippen LogP contribution in [0.5, 0.6) is 0 Å². The summed E-state index contributed by atoms with van der Waals surface area (Å²) in [6, 6.07) is 77.4. The Balaban J connectivity index is 0.000000158. The van der Waals surface area contributed by atoms with E-state index in [4.69, 9.17) is 0 Å². The van der Waals surface area contributed by atoms with Gasteiger partial charge in [0.15, 0.2) is 0 Å². The summed E-state index contributed by atoms with van der Waals surface area (Å²) in [5.74, 6) is 0.250. The summed E-state index contributed by atoms with van der Waals surface area (Å²) in [6.07, 6.45) is 11.2. The third-order valence-electron chi connectivity index (χ3n) is 25.4. The topological polar surface area (TPSA) is 182 Å². The van der Waals surface area contributed by atoms with Crippen LogP contribution in [-0.4, -0.2) is 78.3 Å². The van der Waals surface area contributed by atoms with Crippen LogP contribution in [0.2, 0.25) is 0 Å². The molecule has 131 heavy (non-hydrogen) atoms. The van der Waals surface area contributed by atoms with Crippen molar-refractivity contribution < 1.29 is 28.8 Å². The molecule has 3 aliphatic heterocycles. The molecular weight excluding hydrogens is 1620 g/mol. The van der Waals surface area contributed by atoms with E-state index in [0.717, 1.165) is 107 Å². The minimum atomic E-state index is -0.0806. The Kier molecular flexibility index (Phi) is 31.7. The van der Waals surface area contributed by atoms with Gasteiger partial charge in [0.25, 0.3) is 0 Å². The van der Waals surface area contributed by atoms with E-state index in [1.54, 1.807) is 11.8 Å². The number of nitrogens with one attached hydrogen (secondary N) is 5. The molecule has 5 N–H and O–H groups in total. The minimum Gasteiger partial charge on any atom is -0.374 e. The number of hydrogen-bond donors (Lipinski definition) is 5. The Morgan fingerprint density at radius 2 is 0.611 bits per heavy atom. The van der Waals surface area contributed by atoms with Crippen molar-refractivity contribution in [2.45, 2.75) is 247 Å². The number of anilines is 8. The van der Waals surface area contributed by atoms with Crippen molar-refractivity contribution >= 4 is 103 Å². The maximum atomic E-state index is 12.5. The molecule has 0 unspecified atom stereocenters. The number of likely N-dealkylation sites (N-methyl/N-ethyl adjacent to an activating group) is 2. The van der Waals surface area contributed by atoms with Crippen molar-refractivity contribution in [2.24, 2.45) is 14.1 Å². The highest BCUT2D eigenvalue weighted by Crippen LogP contribution is 2.44. The fourth-order valence-corrected chi connectivity index (χ4v) is 17.1. The highest BCUT2D eigenvalue weighted by atomic mass is 16.2. The van der Waals surface area contributed by atoms with Crippen LogP contribution in [0.15, 0.2) is 237 Å².